The molecule has 1 aliphatic carbocycles. The molecule has 0 aromatic carbocycles. The summed E-state index contributed by atoms with van der Waals surface area (Å²) in [7, 11) is 0. The van der Waals surface area contributed by atoms with Gasteiger partial charge in [0, 0.05) is 18.8 Å². The van der Waals surface area contributed by atoms with Gasteiger partial charge in [-0.05, 0) is 36.8 Å². The van der Waals surface area contributed by atoms with E-state index >= 15 is 0 Å². The molecule has 1 aliphatic heterocycles. The summed E-state index contributed by atoms with van der Waals surface area (Å²) in [4.78, 5) is 29.2. The fourth-order valence-corrected chi connectivity index (χ4v) is 2.98. The Kier molecular flexibility index (Phi) is 3.61. The molecule has 108 valence electrons. The maximum absolute atomic E-state index is 12.4. The van der Waals surface area contributed by atoms with Crippen molar-refractivity contribution in [2.75, 3.05) is 26.3 Å². The summed E-state index contributed by atoms with van der Waals surface area (Å²) in [5.41, 5.74) is 2.15. The number of nitrogens with one attached hydrogen (secondary N) is 1. The Morgan fingerprint density at radius 2 is 2.15 bits per heavy atom. The van der Waals surface area contributed by atoms with Gasteiger partial charge >= 0.3 is 0 Å². The van der Waals surface area contributed by atoms with Gasteiger partial charge in [0.1, 0.15) is 5.56 Å². The van der Waals surface area contributed by atoms with Gasteiger partial charge in [-0.1, -0.05) is 6.92 Å². The standard InChI is InChI=1S/C15H20N2O3/c1-10-2-3-13-11(8-10)9-12(14(18)16-13)15(19)17-4-6-20-7-5-17/h9-10H,2-8H2,1H3,(H,16,18)/t10-/m0/s1. The summed E-state index contributed by atoms with van der Waals surface area (Å²) in [6, 6.07) is 1.81. The fourth-order valence-electron chi connectivity index (χ4n) is 2.98. The van der Waals surface area contributed by atoms with E-state index in [4.69, 9.17) is 4.74 Å². The molecule has 3 rings (SSSR count). The lowest BCUT2D eigenvalue weighted by molar-refractivity contribution is 0.0301. The number of ether oxygens (including phenoxy) is 1. The number of nitrogens with zero attached hydrogens (tertiary/aromatic N) is 1. The van der Waals surface area contributed by atoms with E-state index in [1.165, 1.54) is 0 Å². The lowest BCUT2D eigenvalue weighted by Crippen LogP contribution is -2.42. The van der Waals surface area contributed by atoms with Crippen molar-refractivity contribution in [2.24, 2.45) is 5.92 Å². The Balaban J connectivity index is 1.91. The number of aryl methyl sites for hydroxylation is 1. The lowest BCUT2D eigenvalue weighted by Gasteiger charge is -2.27. The van der Waals surface area contributed by atoms with Gasteiger partial charge in [0.05, 0.1) is 13.2 Å². The van der Waals surface area contributed by atoms with Gasteiger partial charge in [0.15, 0.2) is 0 Å². The molecule has 1 fully saturated rings. The number of rotatable bonds is 1. The highest BCUT2D eigenvalue weighted by molar-refractivity contribution is 5.94. The Bertz CT molecular complexity index is 573. The van der Waals surface area contributed by atoms with Crippen molar-refractivity contribution in [3.63, 3.8) is 0 Å². The Hall–Kier alpha value is -1.62. The molecule has 0 spiro atoms. The second-order valence-electron chi connectivity index (χ2n) is 5.77. The first-order valence-corrected chi connectivity index (χ1v) is 7.27. The normalized spacial score (nSPS) is 22.4. The molecule has 1 atom stereocenters. The first-order chi connectivity index (χ1) is 9.65. The van der Waals surface area contributed by atoms with Gasteiger partial charge in [0.2, 0.25) is 0 Å². The summed E-state index contributed by atoms with van der Waals surface area (Å²) in [5, 5.41) is 0. The molecule has 0 saturated carbocycles. The van der Waals surface area contributed by atoms with E-state index in [-0.39, 0.29) is 17.0 Å². The molecule has 0 radical (unpaired) electrons. The van der Waals surface area contributed by atoms with Crippen LogP contribution >= 0.6 is 0 Å². The Morgan fingerprint density at radius 3 is 2.90 bits per heavy atom. The number of aromatic nitrogens is 1. The average Bonchev–Trinajstić information content (AvgIpc) is 2.47. The summed E-state index contributed by atoms with van der Waals surface area (Å²) in [5.74, 6) is 0.440. The number of aromatic amines is 1. The third kappa shape index (κ3) is 2.50. The number of fused-ring (bicyclic) bond motifs is 1. The van der Waals surface area contributed by atoms with Crippen LogP contribution in [0, 0.1) is 5.92 Å². The molecule has 5 heteroatoms. The first kappa shape index (κ1) is 13.4. The van der Waals surface area contributed by atoms with Crippen LogP contribution in [0.3, 0.4) is 0 Å². The zero-order valence-electron chi connectivity index (χ0n) is 11.8. The largest absolute Gasteiger partial charge is 0.378 e. The van der Waals surface area contributed by atoms with E-state index in [0.29, 0.717) is 32.2 Å². The SMILES string of the molecule is C[C@H]1CCc2[nH]c(=O)c(C(=O)N3CCOCC3)cc2C1. The van der Waals surface area contributed by atoms with Crippen LogP contribution in [0.15, 0.2) is 10.9 Å². The van der Waals surface area contributed by atoms with E-state index in [1.54, 1.807) is 4.90 Å². The second kappa shape index (κ2) is 5.40. The summed E-state index contributed by atoms with van der Waals surface area (Å²) >= 11 is 0. The molecule has 0 unspecified atom stereocenters. The van der Waals surface area contributed by atoms with Crippen LogP contribution in [0.4, 0.5) is 0 Å². The van der Waals surface area contributed by atoms with Crippen molar-refractivity contribution < 1.29 is 9.53 Å². The van der Waals surface area contributed by atoms with Crippen LogP contribution in [0.1, 0.15) is 35.0 Å². The molecule has 2 aliphatic rings. The summed E-state index contributed by atoms with van der Waals surface area (Å²) in [6.45, 7) is 4.42. The quantitative estimate of drug-likeness (QED) is 0.831. The number of hydrogen-bond donors (Lipinski definition) is 1. The average molecular weight is 276 g/mol. The monoisotopic (exact) mass is 276 g/mol. The Morgan fingerprint density at radius 1 is 1.40 bits per heavy atom. The van der Waals surface area contributed by atoms with E-state index in [1.807, 2.05) is 6.07 Å². The molecule has 5 nitrogen and oxygen atoms in total. The number of amides is 1. The zero-order chi connectivity index (χ0) is 14.1. The molecule has 1 amide bonds. The molecular weight excluding hydrogens is 256 g/mol. The van der Waals surface area contributed by atoms with E-state index < -0.39 is 0 Å². The van der Waals surface area contributed by atoms with Gasteiger partial charge in [-0.15, -0.1) is 0 Å². The van der Waals surface area contributed by atoms with Crippen LogP contribution in [-0.4, -0.2) is 42.1 Å². The number of H-pyrrole nitrogens is 1. The van der Waals surface area contributed by atoms with Crippen molar-refractivity contribution in [2.45, 2.75) is 26.2 Å². The van der Waals surface area contributed by atoms with Crippen LogP contribution in [-0.2, 0) is 17.6 Å². The number of morpholine rings is 1. The van der Waals surface area contributed by atoms with Crippen LogP contribution in [0.2, 0.25) is 0 Å². The minimum atomic E-state index is -0.255. The minimum absolute atomic E-state index is 0.171. The van der Waals surface area contributed by atoms with Crippen molar-refractivity contribution in [3.8, 4) is 0 Å². The topological polar surface area (TPSA) is 62.4 Å². The highest BCUT2D eigenvalue weighted by Crippen LogP contribution is 2.23. The molecule has 1 saturated heterocycles. The highest BCUT2D eigenvalue weighted by atomic mass is 16.5. The molecule has 2 heterocycles. The van der Waals surface area contributed by atoms with E-state index in [9.17, 15) is 9.59 Å². The predicted octanol–water partition coefficient (Wildman–Crippen LogP) is 0.972. The molecule has 1 aromatic heterocycles. The van der Waals surface area contributed by atoms with Gasteiger partial charge in [0.25, 0.3) is 11.5 Å². The van der Waals surface area contributed by atoms with Gasteiger partial charge in [-0.2, -0.15) is 0 Å². The summed E-state index contributed by atoms with van der Waals surface area (Å²) < 4.78 is 5.24. The van der Waals surface area contributed by atoms with Gasteiger partial charge in [-0.3, -0.25) is 9.59 Å². The minimum Gasteiger partial charge on any atom is -0.378 e. The van der Waals surface area contributed by atoms with Crippen LogP contribution in [0.25, 0.3) is 0 Å². The third-order valence-electron chi connectivity index (χ3n) is 4.20. The Labute approximate surface area is 117 Å². The van der Waals surface area contributed by atoms with Crippen molar-refractivity contribution >= 4 is 5.91 Å². The number of carbonyl (C=O) groups is 1. The predicted molar refractivity (Wildman–Crippen MR) is 75.0 cm³/mol. The lowest BCUT2D eigenvalue weighted by atomic mass is 9.87. The number of carbonyl (C=O) groups excluding carboxylic acids is 1. The van der Waals surface area contributed by atoms with Crippen LogP contribution in [0.5, 0.6) is 0 Å². The van der Waals surface area contributed by atoms with Crippen molar-refractivity contribution in [1.29, 1.82) is 0 Å². The van der Waals surface area contributed by atoms with Gasteiger partial charge in [-0.25, -0.2) is 0 Å². The maximum Gasteiger partial charge on any atom is 0.261 e. The first-order valence-electron chi connectivity index (χ1n) is 7.27. The van der Waals surface area contributed by atoms with E-state index in [2.05, 4.69) is 11.9 Å². The van der Waals surface area contributed by atoms with Crippen molar-refractivity contribution in [1.82, 2.24) is 9.88 Å². The smallest absolute Gasteiger partial charge is 0.261 e. The molecule has 1 N–H and O–H groups in total. The van der Waals surface area contributed by atoms with Crippen molar-refractivity contribution in [3.05, 3.63) is 33.2 Å². The fraction of sp³-hybridized carbons (Fsp3) is 0.600. The number of pyridine rings is 1. The highest BCUT2D eigenvalue weighted by Gasteiger charge is 2.24. The second-order valence-corrected chi connectivity index (χ2v) is 5.77. The molecule has 1 aromatic rings. The van der Waals surface area contributed by atoms with Crippen LogP contribution < -0.4 is 5.56 Å². The third-order valence-corrected chi connectivity index (χ3v) is 4.20. The van der Waals surface area contributed by atoms with E-state index in [0.717, 1.165) is 30.5 Å². The molecule has 20 heavy (non-hydrogen) atoms. The van der Waals surface area contributed by atoms with Gasteiger partial charge < -0.3 is 14.6 Å². The summed E-state index contributed by atoms with van der Waals surface area (Å²) in [6.07, 6.45) is 2.94. The maximum atomic E-state index is 12.4. The molecule has 0 bridgehead atoms. The zero-order valence-corrected chi connectivity index (χ0v) is 11.8. The molecular formula is C15H20N2O3. The number of hydrogen-bond acceptors (Lipinski definition) is 3.